The molecule has 0 N–H and O–H groups in total. The third-order valence-electron chi connectivity index (χ3n) is 2.18. The molecule has 0 heterocycles. The van der Waals surface area contributed by atoms with Gasteiger partial charge in [0.15, 0.2) is 0 Å². The Bertz CT molecular complexity index is 198. The second-order valence-electron chi connectivity index (χ2n) is 3.16. The van der Waals surface area contributed by atoms with Gasteiger partial charge < -0.3 is 9.26 Å². The van der Waals surface area contributed by atoms with Gasteiger partial charge in [0.1, 0.15) is 0 Å². The second kappa shape index (κ2) is 5.40. The third-order valence-corrected chi connectivity index (χ3v) is 3.26. The summed E-state index contributed by atoms with van der Waals surface area (Å²) in [4.78, 5) is 10.8. The topological polar surface area (TPSA) is 52.6 Å². The predicted molar refractivity (Wildman–Crippen MR) is 49.4 cm³/mol. The van der Waals surface area contributed by atoms with Gasteiger partial charge in [-0.3, -0.25) is 4.57 Å². The Morgan fingerprint density at radius 2 is 1.92 bits per heavy atom. The van der Waals surface area contributed by atoms with Gasteiger partial charge in [0, 0.05) is 0 Å². The molecule has 4 nitrogen and oxygen atoms in total. The molecule has 0 saturated heterocycles. The van der Waals surface area contributed by atoms with E-state index in [0.717, 1.165) is 25.7 Å². The fraction of sp³-hybridized carbons (Fsp3) is 0.875. The minimum absolute atomic E-state index is 0.000705. The molecular weight excluding hydrogens is 191 g/mol. The molecule has 0 amide bonds. The molecule has 0 aromatic heterocycles. The fourth-order valence-corrected chi connectivity index (χ4v) is 2.27. The lowest BCUT2D eigenvalue weighted by Crippen LogP contribution is -2.14. The quantitative estimate of drug-likeness (QED) is 0.666. The molecular formula is C8H15O4P. The van der Waals surface area contributed by atoms with Gasteiger partial charge in [-0.05, 0) is 12.8 Å². The first-order valence-corrected chi connectivity index (χ1v) is 5.84. The lowest BCUT2D eigenvalue weighted by Gasteiger charge is -2.20. The van der Waals surface area contributed by atoms with E-state index < -0.39 is 13.7 Å². The highest BCUT2D eigenvalue weighted by molar-refractivity contribution is 7.58. The summed E-state index contributed by atoms with van der Waals surface area (Å²) in [7, 11) is -1.41. The molecule has 0 aromatic carbocycles. The van der Waals surface area contributed by atoms with Crippen molar-refractivity contribution >= 4 is 13.7 Å². The first kappa shape index (κ1) is 10.7. The lowest BCUT2D eigenvalue weighted by molar-refractivity contribution is 0.154. The van der Waals surface area contributed by atoms with E-state index in [0.29, 0.717) is 0 Å². The predicted octanol–water partition coefficient (Wildman–Crippen LogP) is 2.58. The Labute approximate surface area is 78.5 Å². The monoisotopic (exact) mass is 206 g/mol. The molecule has 0 radical (unpaired) electrons. The van der Waals surface area contributed by atoms with E-state index in [2.05, 4.69) is 4.74 Å². The van der Waals surface area contributed by atoms with E-state index in [9.17, 15) is 9.36 Å². The fourth-order valence-electron chi connectivity index (χ4n) is 1.47. The van der Waals surface area contributed by atoms with Crippen LogP contribution in [0, 0.1) is 0 Å². The van der Waals surface area contributed by atoms with Crippen LogP contribution in [-0.4, -0.2) is 18.9 Å². The van der Waals surface area contributed by atoms with Crippen molar-refractivity contribution in [3.63, 3.8) is 0 Å². The maximum absolute atomic E-state index is 11.1. The number of carbonyl (C=O) groups excluding carboxylic acids is 1. The van der Waals surface area contributed by atoms with E-state index in [4.69, 9.17) is 4.52 Å². The maximum atomic E-state index is 11.1. The van der Waals surface area contributed by atoms with Crippen LogP contribution in [0.4, 0.5) is 4.79 Å². The molecule has 1 aliphatic carbocycles. The maximum Gasteiger partial charge on any atom is 0.388 e. The van der Waals surface area contributed by atoms with Crippen LogP contribution in [0.15, 0.2) is 0 Å². The first-order valence-electron chi connectivity index (χ1n) is 4.53. The van der Waals surface area contributed by atoms with Crippen molar-refractivity contribution in [1.82, 2.24) is 0 Å². The van der Waals surface area contributed by atoms with Crippen molar-refractivity contribution < 1.29 is 18.6 Å². The van der Waals surface area contributed by atoms with Gasteiger partial charge in [0.25, 0.3) is 8.03 Å². The Morgan fingerprint density at radius 3 is 2.46 bits per heavy atom. The van der Waals surface area contributed by atoms with Crippen LogP contribution >= 0.6 is 8.03 Å². The average Bonchev–Trinajstić information content (AvgIpc) is 2.18. The second-order valence-corrected chi connectivity index (χ2v) is 4.38. The van der Waals surface area contributed by atoms with Gasteiger partial charge in [0.2, 0.25) is 0 Å². The van der Waals surface area contributed by atoms with E-state index >= 15 is 0 Å². The summed E-state index contributed by atoms with van der Waals surface area (Å²) in [6.45, 7) is 0. The number of methoxy groups -OCH3 is 1. The molecule has 1 fully saturated rings. The van der Waals surface area contributed by atoms with Crippen molar-refractivity contribution in [2.24, 2.45) is 0 Å². The van der Waals surface area contributed by atoms with Gasteiger partial charge in [-0.2, -0.15) is 0 Å². The Morgan fingerprint density at radius 1 is 1.31 bits per heavy atom. The van der Waals surface area contributed by atoms with Crippen molar-refractivity contribution in [2.45, 2.75) is 38.2 Å². The van der Waals surface area contributed by atoms with Crippen molar-refractivity contribution in [2.75, 3.05) is 7.11 Å². The van der Waals surface area contributed by atoms with Gasteiger partial charge in [-0.15, -0.1) is 0 Å². The summed E-state index contributed by atoms with van der Waals surface area (Å²) in [5, 5.41) is 0. The summed E-state index contributed by atoms with van der Waals surface area (Å²) in [5.74, 6) is 0. The molecule has 5 heteroatoms. The van der Waals surface area contributed by atoms with Crippen LogP contribution in [0.2, 0.25) is 0 Å². The van der Waals surface area contributed by atoms with Gasteiger partial charge in [-0.25, -0.2) is 4.79 Å². The van der Waals surface area contributed by atoms with Crippen molar-refractivity contribution in [1.29, 1.82) is 0 Å². The number of ether oxygens (including phenoxy) is 1. The normalized spacial score (nSPS) is 21.0. The average molecular weight is 206 g/mol. The van der Waals surface area contributed by atoms with Crippen LogP contribution in [0.3, 0.4) is 0 Å². The highest BCUT2D eigenvalue weighted by atomic mass is 31.1. The highest BCUT2D eigenvalue weighted by Crippen LogP contribution is 2.32. The van der Waals surface area contributed by atoms with Crippen LogP contribution in [0.5, 0.6) is 0 Å². The molecule has 1 atom stereocenters. The molecule has 1 unspecified atom stereocenters. The molecule has 1 saturated carbocycles. The zero-order chi connectivity index (χ0) is 9.68. The van der Waals surface area contributed by atoms with Crippen LogP contribution in [0.25, 0.3) is 0 Å². The number of hydrogen-bond acceptors (Lipinski definition) is 4. The lowest BCUT2D eigenvalue weighted by atomic mass is 9.98. The standard InChI is InChI=1S/C8H15O4P/c1-11-8(9)13(10)12-7-5-3-2-4-6-7/h7,13H,2-6H2,1H3. The summed E-state index contributed by atoms with van der Waals surface area (Å²) in [6, 6.07) is 0. The summed E-state index contributed by atoms with van der Waals surface area (Å²) in [6.07, 6.45) is 5.22. The summed E-state index contributed by atoms with van der Waals surface area (Å²) >= 11 is 0. The largest absolute Gasteiger partial charge is 0.462 e. The summed E-state index contributed by atoms with van der Waals surface area (Å²) < 4.78 is 20.6. The molecule has 13 heavy (non-hydrogen) atoms. The zero-order valence-corrected chi connectivity index (χ0v) is 8.75. The van der Waals surface area contributed by atoms with Gasteiger partial charge >= 0.3 is 5.71 Å². The van der Waals surface area contributed by atoms with Crippen molar-refractivity contribution in [3.8, 4) is 0 Å². The molecule has 0 bridgehead atoms. The Balaban J connectivity index is 2.30. The minimum Gasteiger partial charge on any atom is -0.462 e. The zero-order valence-electron chi connectivity index (χ0n) is 7.75. The van der Waals surface area contributed by atoms with Crippen LogP contribution < -0.4 is 0 Å². The van der Waals surface area contributed by atoms with Crippen molar-refractivity contribution in [3.05, 3.63) is 0 Å². The molecule has 1 rings (SSSR count). The number of carbonyl (C=O) groups is 1. The van der Waals surface area contributed by atoms with Gasteiger partial charge in [-0.1, -0.05) is 19.3 Å². The van der Waals surface area contributed by atoms with E-state index in [1.165, 1.54) is 13.5 Å². The molecule has 0 spiro atoms. The Kier molecular flexibility index (Phi) is 4.46. The smallest absolute Gasteiger partial charge is 0.388 e. The molecule has 0 aliphatic heterocycles. The highest BCUT2D eigenvalue weighted by Gasteiger charge is 2.20. The Hall–Kier alpha value is -0.340. The number of hydrogen-bond donors (Lipinski definition) is 0. The first-order chi connectivity index (χ1) is 6.24. The molecule has 0 aromatic rings. The van der Waals surface area contributed by atoms with E-state index in [1.807, 2.05) is 0 Å². The molecule has 76 valence electrons. The van der Waals surface area contributed by atoms with Crippen LogP contribution in [0.1, 0.15) is 32.1 Å². The number of rotatable bonds is 3. The third kappa shape index (κ3) is 3.49. The minimum atomic E-state index is -2.63. The SMILES string of the molecule is COC(=O)[PH](=O)OC1CCCCC1. The van der Waals surface area contributed by atoms with E-state index in [1.54, 1.807) is 0 Å². The van der Waals surface area contributed by atoms with Crippen LogP contribution in [-0.2, 0) is 13.8 Å². The van der Waals surface area contributed by atoms with E-state index in [-0.39, 0.29) is 6.10 Å². The van der Waals surface area contributed by atoms with Gasteiger partial charge in [0.05, 0.1) is 13.2 Å². The molecule has 1 aliphatic rings. The summed E-state index contributed by atoms with van der Waals surface area (Å²) in [5.41, 5.74) is -0.726.